The molecule has 10 aromatic carbocycles. The molecule has 1 fully saturated rings. The van der Waals surface area contributed by atoms with Gasteiger partial charge in [0.25, 0.3) is 47.2 Å². The van der Waals surface area contributed by atoms with E-state index in [0.717, 1.165) is 23.3 Å². The van der Waals surface area contributed by atoms with Crippen LogP contribution in [0, 0.1) is 23.3 Å². The number of hydrogen-bond donors (Lipinski definition) is 4. The van der Waals surface area contributed by atoms with Crippen LogP contribution >= 0.6 is 0 Å². The molecule has 4 N–H and O–H groups in total. The van der Waals surface area contributed by atoms with Crippen molar-refractivity contribution in [3.05, 3.63) is 311 Å². The molecule has 1 aliphatic heterocycles. The average Bonchev–Trinajstić information content (AvgIpc) is 1.65. The number of ether oxygens (including phenoxy) is 6. The van der Waals surface area contributed by atoms with Gasteiger partial charge < -0.3 is 46.5 Å². The summed E-state index contributed by atoms with van der Waals surface area (Å²) in [6.45, 7) is 2.68. The quantitative estimate of drug-likeness (QED) is 0.0431. The first-order valence-electron chi connectivity index (χ1n) is 38.0. The first-order valence-corrected chi connectivity index (χ1v) is 38.0. The number of halogens is 7. The van der Waals surface area contributed by atoms with Crippen LogP contribution in [0.25, 0.3) is 91.4 Å². The van der Waals surface area contributed by atoms with Gasteiger partial charge in [0, 0.05) is 76.4 Å². The van der Waals surface area contributed by atoms with Gasteiger partial charge in [-0.05, 0) is 115 Å². The number of alkyl carbamates (subject to hydrolysis) is 4. The predicted octanol–water partition coefficient (Wildman–Crippen LogP) is 16.9. The molecule has 0 saturated carbocycles. The van der Waals surface area contributed by atoms with E-state index in [1.807, 2.05) is 24.3 Å². The van der Waals surface area contributed by atoms with Gasteiger partial charge in [-0.25, -0.2) is 36.7 Å². The molecule has 1 aliphatic carbocycles. The number of nitrogens with zero attached hydrogens (tertiary/aromatic N) is 8. The third-order valence-corrected chi connectivity index (χ3v) is 18.3. The lowest BCUT2D eigenvalue weighted by molar-refractivity contribution is -0.206. The first-order chi connectivity index (χ1) is 60.9. The van der Waals surface area contributed by atoms with Gasteiger partial charge in [-0.2, -0.15) is 33.1 Å². The van der Waals surface area contributed by atoms with E-state index < -0.39 is 89.7 Å². The van der Waals surface area contributed by atoms with Gasteiger partial charge in [-0.15, -0.1) is 0 Å². The highest BCUT2D eigenvalue weighted by Gasteiger charge is 2.44. The molecule has 5 heterocycles. The van der Waals surface area contributed by atoms with E-state index in [-0.39, 0.29) is 121 Å². The van der Waals surface area contributed by atoms with Crippen molar-refractivity contribution in [2.45, 2.75) is 56.8 Å². The van der Waals surface area contributed by atoms with E-state index in [2.05, 4.69) is 61.2 Å². The van der Waals surface area contributed by atoms with Crippen LogP contribution < -0.4 is 21.3 Å². The zero-order valence-corrected chi connectivity index (χ0v) is 65.8. The van der Waals surface area contributed by atoms with Crippen molar-refractivity contribution < 1.29 is 116 Å². The van der Waals surface area contributed by atoms with Gasteiger partial charge >= 0.3 is 30.5 Å². The molecule has 8 amide bonds. The number of carbonyl (C=O) groups excluding carboxylic acids is 8. The summed E-state index contributed by atoms with van der Waals surface area (Å²) >= 11 is 0. The molecule has 640 valence electrons. The van der Waals surface area contributed by atoms with Crippen LogP contribution in [0.4, 0.5) is 49.9 Å². The second-order valence-electron chi connectivity index (χ2n) is 27.3. The number of imide groups is 4. The van der Waals surface area contributed by atoms with Gasteiger partial charge in [0.2, 0.25) is 29.4 Å². The summed E-state index contributed by atoms with van der Waals surface area (Å²) < 4.78 is 146. The van der Waals surface area contributed by atoms with Crippen LogP contribution in [0.15, 0.2) is 267 Å². The van der Waals surface area contributed by atoms with Crippen LogP contribution in [-0.2, 0) is 41.3 Å². The Hall–Kier alpha value is -16.1. The maximum absolute atomic E-state index is 14.0. The lowest BCUT2D eigenvalue weighted by Crippen LogP contribution is -2.35. The minimum absolute atomic E-state index is 0.0173. The zero-order chi connectivity index (χ0) is 88.8. The molecule has 4 aromatic heterocycles. The maximum atomic E-state index is 14.0. The number of hydrogen-bond acceptors (Lipinski definition) is 26. The maximum Gasteiger partial charge on any atom is 0.429 e. The fraction of sp³-hybridized carbons (Fsp3) is 0.146. The van der Waals surface area contributed by atoms with Crippen molar-refractivity contribution in [3.8, 4) is 91.4 Å². The molecule has 0 bridgehead atoms. The molecule has 2 aliphatic rings. The van der Waals surface area contributed by atoms with Crippen molar-refractivity contribution in [2.24, 2.45) is 0 Å². The Bertz CT molecular complexity index is 6240. The number of alkyl halides is 3. The molecule has 14 aromatic rings. The number of carbonyl (C=O) groups is 8. The third kappa shape index (κ3) is 23.1. The SMILES string of the molecule is COCC(C)OC(=O)NC(=O)c1cccc(-c2noc(-c3ccccc3F)n2)c1.O=C(NC(=O)c1cccc(-c2noc(-c3ccccc3F)n2)c1)OC(c1ccccc1)C(F)(F)F.O=C(NC(=O)c1cccc(-c2noc(-c3ccccc3F)n2)c1)OC1CCOC1.O=C(NC(=O)c1cccc(-c2noc(-c3ccccc3F)n2)c1)OC1Cc2ccccc2C1. The Morgan fingerprint density at radius 3 is 1.04 bits per heavy atom. The monoisotopic (exact) mass is 1720 g/mol. The Kier molecular flexibility index (Phi) is 28.6. The number of amides is 8. The summed E-state index contributed by atoms with van der Waals surface area (Å²) in [5, 5.41) is 23.6. The number of aromatic nitrogens is 8. The lowest BCUT2D eigenvalue weighted by Gasteiger charge is -2.20. The van der Waals surface area contributed by atoms with E-state index in [4.69, 9.17) is 41.8 Å². The fourth-order valence-corrected chi connectivity index (χ4v) is 12.3. The Morgan fingerprint density at radius 1 is 0.397 bits per heavy atom. The average molecular weight is 1730 g/mol. The van der Waals surface area contributed by atoms with E-state index in [1.54, 1.807) is 97.2 Å². The van der Waals surface area contributed by atoms with Crippen LogP contribution in [0.2, 0.25) is 0 Å². The predicted molar refractivity (Wildman–Crippen MR) is 430 cm³/mol. The second-order valence-corrected chi connectivity index (χ2v) is 27.3. The summed E-state index contributed by atoms with van der Waals surface area (Å²) in [5.74, 6) is -4.38. The summed E-state index contributed by atoms with van der Waals surface area (Å²) in [6, 6.07) is 62.8. The highest BCUT2D eigenvalue weighted by Crippen LogP contribution is 2.37. The molecule has 3 unspecified atom stereocenters. The molecule has 37 heteroatoms. The fourth-order valence-electron chi connectivity index (χ4n) is 12.3. The Morgan fingerprint density at radius 2 is 0.714 bits per heavy atom. The Labute approximate surface area is 708 Å². The minimum Gasteiger partial charge on any atom is -0.445 e. The molecule has 30 nitrogen and oxygen atoms in total. The molecule has 16 rings (SSSR count). The topological polar surface area (TPSA) is 396 Å². The summed E-state index contributed by atoms with van der Waals surface area (Å²) in [5.41, 5.74) is 4.84. The molecular weight excluding hydrogens is 1660 g/mol. The second kappa shape index (κ2) is 41.0. The summed E-state index contributed by atoms with van der Waals surface area (Å²) in [7, 11) is 1.48. The normalized spacial score (nSPS) is 13.1. The number of fused-ring (bicyclic) bond motifs is 1. The van der Waals surface area contributed by atoms with Crippen molar-refractivity contribution >= 4 is 48.0 Å². The van der Waals surface area contributed by atoms with Crippen LogP contribution in [-0.4, -0.2) is 140 Å². The largest absolute Gasteiger partial charge is 0.445 e. The van der Waals surface area contributed by atoms with E-state index in [9.17, 15) is 69.1 Å². The molecule has 0 spiro atoms. The van der Waals surface area contributed by atoms with Crippen molar-refractivity contribution in [3.63, 3.8) is 0 Å². The van der Waals surface area contributed by atoms with E-state index in [0.29, 0.717) is 49.2 Å². The number of nitrogens with one attached hydrogen (secondary N) is 4. The summed E-state index contributed by atoms with van der Waals surface area (Å²) in [4.78, 5) is 114. The van der Waals surface area contributed by atoms with Crippen molar-refractivity contribution in [1.29, 1.82) is 0 Å². The van der Waals surface area contributed by atoms with Gasteiger partial charge in [0.15, 0.2) is 0 Å². The highest BCUT2D eigenvalue weighted by atomic mass is 19.4. The standard InChI is InChI=1S/C25H18FN3O4.C24H15F4N3O4.C20H16FN3O5.C20H18FN3O5/c26-21-11-4-3-10-20(21)24-27-22(29-33-24)17-8-5-9-18(12-17)23(30)28-25(31)32-19-13-15-6-1-2-7-16(15)14-19;25-18-12-5-4-11-17(18)22-29-20(31-35-22)15-9-6-10-16(13-15)21(32)30-23(33)34-19(24(26,27)28)14-7-2-1-3-8-14;21-16-7-2-1-6-15(16)19-22-17(24-29-19)12-4-3-5-13(10-12)18(25)23-20(26)28-14-8-9-27-11-14;1-12(11-27-2)28-20(26)23-18(25)14-7-5-6-13(10-14)17-22-19(29-24-17)15-8-3-4-9-16(15)21/h1-12,19H,13-14H2,(H,28,30,31);1-13,19H,(H,30,32,33);1-7,10,14H,8-9,11H2,(H,23,25,26);3-10,12H,11H2,1-2H3,(H,23,25,26). The van der Waals surface area contributed by atoms with Gasteiger partial charge in [0.1, 0.15) is 41.6 Å². The molecule has 0 radical (unpaired) electrons. The Balaban J connectivity index is 0.000000144. The van der Waals surface area contributed by atoms with Gasteiger partial charge in [0.05, 0.1) is 42.1 Å². The third-order valence-electron chi connectivity index (χ3n) is 18.3. The zero-order valence-electron chi connectivity index (χ0n) is 65.8. The smallest absolute Gasteiger partial charge is 0.429 e. The van der Waals surface area contributed by atoms with Gasteiger partial charge in [-0.3, -0.25) is 40.4 Å². The summed E-state index contributed by atoms with van der Waals surface area (Å²) in [6.07, 6.45) is -10.9. The number of benzene rings is 10. The molecule has 1 saturated heterocycles. The first kappa shape index (κ1) is 87.8. The van der Waals surface area contributed by atoms with Crippen LogP contribution in [0.5, 0.6) is 0 Å². The van der Waals surface area contributed by atoms with E-state index in [1.165, 1.54) is 135 Å². The number of methoxy groups -OCH3 is 1. The molecule has 126 heavy (non-hydrogen) atoms. The lowest BCUT2D eigenvalue weighted by atomic mass is 10.1. The van der Waals surface area contributed by atoms with E-state index >= 15 is 0 Å². The number of rotatable bonds is 19. The minimum atomic E-state index is -4.89. The van der Waals surface area contributed by atoms with Gasteiger partial charge in [-0.1, -0.05) is 172 Å². The van der Waals surface area contributed by atoms with Crippen molar-refractivity contribution in [1.82, 2.24) is 61.8 Å². The molecule has 3 atom stereocenters. The van der Waals surface area contributed by atoms with Crippen LogP contribution in [0.1, 0.15) is 77.6 Å². The van der Waals surface area contributed by atoms with Crippen LogP contribution in [0.3, 0.4) is 0 Å². The van der Waals surface area contributed by atoms with Crippen molar-refractivity contribution in [2.75, 3.05) is 26.9 Å². The highest BCUT2D eigenvalue weighted by molar-refractivity contribution is 6.06. The molecular formula is C89H67F7N12O18.